The Kier molecular flexibility index (Phi) is 4.92. The Hall–Kier alpha value is -0.530. The van der Waals surface area contributed by atoms with E-state index in [2.05, 4.69) is 13.8 Å². The average molecular weight is 157 g/mol. The largest absolute Gasteiger partial charge is 0.349 e. The lowest BCUT2D eigenvalue weighted by Gasteiger charge is -2.13. The molecule has 0 radical (unpaired) electrons. The third-order valence-electron chi connectivity index (χ3n) is 1.80. The minimum absolute atomic E-state index is 0.242. The highest BCUT2D eigenvalue weighted by Crippen LogP contribution is 2.10. The maximum atomic E-state index is 11.2. The summed E-state index contributed by atoms with van der Waals surface area (Å²) in [7, 11) is 3.61. The Labute approximate surface area is 69.6 Å². The van der Waals surface area contributed by atoms with E-state index in [-0.39, 0.29) is 5.91 Å². The van der Waals surface area contributed by atoms with Crippen molar-refractivity contribution in [2.45, 2.75) is 33.1 Å². The number of rotatable bonds is 4. The van der Waals surface area contributed by atoms with Gasteiger partial charge in [0.05, 0.1) is 0 Å². The molecule has 0 aliphatic carbocycles. The van der Waals surface area contributed by atoms with E-state index < -0.39 is 0 Å². The number of hydrogen-bond donors (Lipinski definition) is 0. The molecule has 1 unspecified atom stereocenters. The highest BCUT2D eigenvalue weighted by molar-refractivity contribution is 5.75. The maximum Gasteiger partial charge on any atom is 0.222 e. The maximum absolute atomic E-state index is 11.2. The molecule has 0 aromatic heterocycles. The van der Waals surface area contributed by atoms with E-state index in [0.717, 1.165) is 6.42 Å². The molecule has 11 heavy (non-hydrogen) atoms. The van der Waals surface area contributed by atoms with Gasteiger partial charge in [-0.1, -0.05) is 26.7 Å². The van der Waals surface area contributed by atoms with Crippen LogP contribution in [0.25, 0.3) is 0 Å². The molecular formula is C9H19NO. The van der Waals surface area contributed by atoms with Crippen LogP contribution in [0.15, 0.2) is 0 Å². The van der Waals surface area contributed by atoms with Gasteiger partial charge in [0.2, 0.25) is 5.91 Å². The van der Waals surface area contributed by atoms with Gasteiger partial charge in [-0.3, -0.25) is 4.79 Å². The number of amides is 1. The molecule has 0 heterocycles. The van der Waals surface area contributed by atoms with Crippen LogP contribution in [0.4, 0.5) is 0 Å². The highest BCUT2D eigenvalue weighted by atomic mass is 16.2. The monoisotopic (exact) mass is 157 g/mol. The fourth-order valence-electron chi connectivity index (χ4n) is 1.08. The number of hydrogen-bond acceptors (Lipinski definition) is 1. The van der Waals surface area contributed by atoms with E-state index in [1.807, 2.05) is 0 Å². The van der Waals surface area contributed by atoms with Gasteiger partial charge < -0.3 is 4.90 Å². The quantitative estimate of drug-likeness (QED) is 0.610. The lowest BCUT2D eigenvalue weighted by atomic mass is 10.0. The second-order valence-electron chi connectivity index (χ2n) is 3.39. The molecule has 1 amide bonds. The van der Waals surface area contributed by atoms with E-state index in [4.69, 9.17) is 0 Å². The summed E-state index contributed by atoms with van der Waals surface area (Å²) in [6, 6.07) is 0. The Bertz CT molecular complexity index is 121. The summed E-state index contributed by atoms with van der Waals surface area (Å²) in [6.07, 6.45) is 3.02. The van der Waals surface area contributed by atoms with Crippen LogP contribution in [0.5, 0.6) is 0 Å². The van der Waals surface area contributed by atoms with Crippen molar-refractivity contribution in [3.8, 4) is 0 Å². The molecule has 0 spiro atoms. The van der Waals surface area contributed by atoms with Crippen molar-refractivity contribution in [1.82, 2.24) is 4.90 Å². The van der Waals surface area contributed by atoms with Gasteiger partial charge in [-0.25, -0.2) is 0 Å². The normalized spacial score (nSPS) is 12.7. The van der Waals surface area contributed by atoms with Crippen LogP contribution >= 0.6 is 0 Å². The summed E-state index contributed by atoms with van der Waals surface area (Å²) in [4.78, 5) is 12.8. The molecule has 0 aromatic rings. The van der Waals surface area contributed by atoms with Crippen LogP contribution < -0.4 is 0 Å². The summed E-state index contributed by atoms with van der Waals surface area (Å²) in [5.74, 6) is 0.779. The van der Waals surface area contributed by atoms with E-state index >= 15 is 0 Å². The molecule has 0 bridgehead atoms. The number of carbonyl (C=O) groups excluding carboxylic acids is 1. The first-order valence-electron chi connectivity index (χ1n) is 4.28. The first kappa shape index (κ1) is 10.5. The van der Waals surface area contributed by atoms with Crippen molar-refractivity contribution in [3.05, 3.63) is 0 Å². The van der Waals surface area contributed by atoms with Crippen molar-refractivity contribution in [2.75, 3.05) is 14.1 Å². The first-order valence-corrected chi connectivity index (χ1v) is 4.28. The van der Waals surface area contributed by atoms with Crippen molar-refractivity contribution >= 4 is 5.91 Å². The number of carbonyl (C=O) groups is 1. The first-order chi connectivity index (χ1) is 5.07. The van der Waals surface area contributed by atoms with Crippen LogP contribution in [0.2, 0.25) is 0 Å². The fourth-order valence-corrected chi connectivity index (χ4v) is 1.08. The molecule has 0 rings (SSSR count). The van der Waals surface area contributed by atoms with Gasteiger partial charge in [0.15, 0.2) is 0 Å². The summed E-state index contributed by atoms with van der Waals surface area (Å²) in [6.45, 7) is 4.28. The topological polar surface area (TPSA) is 20.3 Å². The summed E-state index contributed by atoms with van der Waals surface area (Å²) in [5.41, 5.74) is 0. The van der Waals surface area contributed by atoms with Crippen molar-refractivity contribution in [3.63, 3.8) is 0 Å². The SMILES string of the molecule is CCCC(C)CC(=O)N(C)C. The Balaban J connectivity index is 3.57. The zero-order chi connectivity index (χ0) is 8.85. The van der Waals surface area contributed by atoms with Crippen LogP contribution in [0, 0.1) is 5.92 Å². The minimum Gasteiger partial charge on any atom is -0.349 e. The Morgan fingerprint density at radius 3 is 2.36 bits per heavy atom. The Morgan fingerprint density at radius 2 is 2.00 bits per heavy atom. The molecule has 0 saturated carbocycles. The molecular weight excluding hydrogens is 138 g/mol. The van der Waals surface area contributed by atoms with Crippen molar-refractivity contribution in [1.29, 1.82) is 0 Å². The van der Waals surface area contributed by atoms with Crippen LogP contribution in [-0.4, -0.2) is 24.9 Å². The predicted octanol–water partition coefficient (Wildman–Crippen LogP) is 1.90. The third kappa shape index (κ3) is 4.82. The zero-order valence-corrected chi connectivity index (χ0v) is 8.05. The van der Waals surface area contributed by atoms with E-state index in [1.165, 1.54) is 6.42 Å². The van der Waals surface area contributed by atoms with Crippen LogP contribution in [0.3, 0.4) is 0 Å². The summed E-state index contributed by atoms with van der Waals surface area (Å²) >= 11 is 0. The summed E-state index contributed by atoms with van der Waals surface area (Å²) in [5, 5.41) is 0. The molecule has 0 aliphatic rings. The van der Waals surface area contributed by atoms with Gasteiger partial charge >= 0.3 is 0 Å². The zero-order valence-electron chi connectivity index (χ0n) is 8.05. The van der Waals surface area contributed by atoms with Crippen LogP contribution in [0.1, 0.15) is 33.1 Å². The highest BCUT2D eigenvalue weighted by Gasteiger charge is 2.08. The molecule has 0 saturated heterocycles. The molecule has 2 nitrogen and oxygen atoms in total. The van der Waals surface area contributed by atoms with Gasteiger partial charge in [0, 0.05) is 20.5 Å². The van der Waals surface area contributed by atoms with E-state index in [9.17, 15) is 4.79 Å². The Morgan fingerprint density at radius 1 is 1.45 bits per heavy atom. The van der Waals surface area contributed by atoms with Gasteiger partial charge in [0.25, 0.3) is 0 Å². The molecule has 2 heteroatoms. The molecule has 66 valence electrons. The third-order valence-corrected chi connectivity index (χ3v) is 1.80. The molecule has 0 aliphatic heterocycles. The van der Waals surface area contributed by atoms with Crippen molar-refractivity contribution in [2.24, 2.45) is 5.92 Å². The van der Waals surface area contributed by atoms with Crippen LogP contribution in [-0.2, 0) is 4.79 Å². The smallest absolute Gasteiger partial charge is 0.222 e. The van der Waals surface area contributed by atoms with E-state index in [1.54, 1.807) is 19.0 Å². The fraction of sp³-hybridized carbons (Fsp3) is 0.889. The molecule has 0 fully saturated rings. The second kappa shape index (κ2) is 5.16. The second-order valence-corrected chi connectivity index (χ2v) is 3.39. The minimum atomic E-state index is 0.242. The molecule has 0 N–H and O–H groups in total. The van der Waals surface area contributed by atoms with Gasteiger partial charge in [-0.05, 0) is 5.92 Å². The number of nitrogens with zero attached hydrogens (tertiary/aromatic N) is 1. The summed E-state index contributed by atoms with van der Waals surface area (Å²) < 4.78 is 0. The lowest BCUT2D eigenvalue weighted by Crippen LogP contribution is -2.23. The van der Waals surface area contributed by atoms with Crippen molar-refractivity contribution < 1.29 is 4.79 Å². The van der Waals surface area contributed by atoms with E-state index in [0.29, 0.717) is 12.3 Å². The predicted molar refractivity (Wildman–Crippen MR) is 47.4 cm³/mol. The average Bonchev–Trinajstić information content (AvgIpc) is 1.87. The van der Waals surface area contributed by atoms with Gasteiger partial charge in [-0.2, -0.15) is 0 Å². The molecule has 1 atom stereocenters. The molecule has 0 aromatic carbocycles. The lowest BCUT2D eigenvalue weighted by molar-refractivity contribution is -0.129. The van der Waals surface area contributed by atoms with Gasteiger partial charge in [0.1, 0.15) is 0 Å². The van der Waals surface area contributed by atoms with Gasteiger partial charge in [-0.15, -0.1) is 0 Å². The standard InChI is InChI=1S/C9H19NO/c1-5-6-8(2)7-9(11)10(3)4/h8H,5-7H2,1-4H3.